The van der Waals surface area contributed by atoms with Gasteiger partial charge in [-0.05, 0) is 47.9 Å². The molecule has 0 aliphatic rings. The van der Waals surface area contributed by atoms with E-state index < -0.39 is 0 Å². The fourth-order valence-electron chi connectivity index (χ4n) is 3.80. The number of nitrogens with one attached hydrogen (secondary N) is 1. The zero-order chi connectivity index (χ0) is 23.8. The number of aromatic nitrogens is 2. The number of carbonyl (C=O) groups excluding carboxylic acids is 1. The van der Waals surface area contributed by atoms with Gasteiger partial charge in [0.15, 0.2) is 6.61 Å². The van der Waals surface area contributed by atoms with Crippen LogP contribution in [0.4, 0.5) is 0 Å². The SMILES string of the molecule is CC(C)c1ccc(OCCn2c(CCNC(=O)COc3ccccc3)nc3ccccc32)cc1. The summed E-state index contributed by atoms with van der Waals surface area (Å²) in [5.74, 6) is 2.81. The van der Waals surface area contributed by atoms with Crippen molar-refractivity contribution in [1.82, 2.24) is 14.9 Å². The van der Waals surface area contributed by atoms with Gasteiger partial charge in [0.1, 0.15) is 23.9 Å². The van der Waals surface area contributed by atoms with E-state index in [2.05, 4.69) is 41.9 Å². The van der Waals surface area contributed by atoms with E-state index in [-0.39, 0.29) is 12.5 Å². The minimum absolute atomic E-state index is 0.0101. The normalized spacial score (nSPS) is 11.0. The molecule has 6 nitrogen and oxygen atoms in total. The molecule has 4 rings (SSSR count). The molecule has 0 aliphatic heterocycles. The number of amides is 1. The number of para-hydroxylation sites is 3. The Balaban J connectivity index is 1.32. The van der Waals surface area contributed by atoms with Gasteiger partial charge in [0.05, 0.1) is 17.6 Å². The number of hydrogen-bond acceptors (Lipinski definition) is 4. The molecule has 0 fully saturated rings. The fourth-order valence-corrected chi connectivity index (χ4v) is 3.80. The summed E-state index contributed by atoms with van der Waals surface area (Å²) >= 11 is 0. The van der Waals surface area contributed by atoms with Crippen LogP contribution in [0.15, 0.2) is 78.9 Å². The average Bonchev–Trinajstić information content (AvgIpc) is 3.21. The van der Waals surface area contributed by atoms with Gasteiger partial charge >= 0.3 is 0 Å². The highest BCUT2D eigenvalue weighted by Gasteiger charge is 2.11. The third-order valence-corrected chi connectivity index (χ3v) is 5.65. The van der Waals surface area contributed by atoms with Crippen LogP contribution in [0.5, 0.6) is 11.5 Å². The first kappa shape index (κ1) is 23.4. The predicted molar refractivity (Wildman–Crippen MR) is 134 cm³/mol. The largest absolute Gasteiger partial charge is 0.492 e. The first-order chi connectivity index (χ1) is 16.6. The van der Waals surface area contributed by atoms with E-state index in [0.29, 0.717) is 37.8 Å². The molecule has 0 spiro atoms. The fraction of sp³-hybridized carbons (Fsp3) is 0.286. The number of ether oxygens (including phenoxy) is 2. The number of fused-ring (bicyclic) bond motifs is 1. The molecule has 0 saturated carbocycles. The van der Waals surface area contributed by atoms with E-state index in [0.717, 1.165) is 22.6 Å². The molecule has 3 aromatic carbocycles. The van der Waals surface area contributed by atoms with Crippen molar-refractivity contribution in [3.8, 4) is 11.5 Å². The number of nitrogens with zero attached hydrogens (tertiary/aromatic N) is 2. The number of carbonyl (C=O) groups is 1. The maximum Gasteiger partial charge on any atom is 0.257 e. The second-order valence-electron chi connectivity index (χ2n) is 8.44. The molecule has 176 valence electrons. The molecule has 0 atom stereocenters. The smallest absolute Gasteiger partial charge is 0.257 e. The van der Waals surface area contributed by atoms with Crippen LogP contribution in [0.2, 0.25) is 0 Å². The standard InChI is InChI=1S/C28H31N3O3/c1-21(2)22-12-14-24(15-13-22)33-19-18-31-26-11-7-6-10-25(26)30-27(31)16-17-29-28(32)20-34-23-8-4-3-5-9-23/h3-15,21H,16-20H2,1-2H3,(H,29,32). The summed E-state index contributed by atoms with van der Waals surface area (Å²) in [4.78, 5) is 17.0. The third-order valence-electron chi connectivity index (χ3n) is 5.65. The van der Waals surface area contributed by atoms with E-state index in [1.165, 1.54) is 5.56 Å². The van der Waals surface area contributed by atoms with E-state index >= 15 is 0 Å². The van der Waals surface area contributed by atoms with Crippen molar-refractivity contribution in [2.45, 2.75) is 32.7 Å². The molecular weight excluding hydrogens is 426 g/mol. The average molecular weight is 458 g/mol. The lowest BCUT2D eigenvalue weighted by Crippen LogP contribution is -2.31. The number of hydrogen-bond donors (Lipinski definition) is 1. The Kier molecular flexibility index (Phi) is 7.81. The van der Waals surface area contributed by atoms with Crippen LogP contribution in [0.3, 0.4) is 0 Å². The summed E-state index contributed by atoms with van der Waals surface area (Å²) < 4.78 is 13.7. The third kappa shape index (κ3) is 6.16. The lowest BCUT2D eigenvalue weighted by atomic mass is 10.0. The van der Waals surface area contributed by atoms with Crippen molar-refractivity contribution in [2.24, 2.45) is 0 Å². The van der Waals surface area contributed by atoms with E-state index in [9.17, 15) is 4.79 Å². The van der Waals surface area contributed by atoms with Gasteiger partial charge in [0, 0.05) is 13.0 Å². The molecule has 0 aliphatic carbocycles. The van der Waals surface area contributed by atoms with Gasteiger partial charge in [-0.1, -0.05) is 56.3 Å². The van der Waals surface area contributed by atoms with Crippen molar-refractivity contribution in [1.29, 1.82) is 0 Å². The highest BCUT2D eigenvalue weighted by Crippen LogP contribution is 2.20. The lowest BCUT2D eigenvalue weighted by molar-refractivity contribution is -0.123. The first-order valence-corrected chi connectivity index (χ1v) is 11.7. The van der Waals surface area contributed by atoms with Crippen LogP contribution >= 0.6 is 0 Å². The van der Waals surface area contributed by atoms with Gasteiger partial charge < -0.3 is 19.4 Å². The first-order valence-electron chi connectivity index (χ1n) is 11.7. The van der Waals surface area contributed by atoms with Gasteiger partial charge in [0.2, 0.25) is 0 Å². The second-order valence-corrected chi connectivity index (χ2v) is 8.44. The van der Waals surface area contributed by atoms with Crippen molar-refractivity contribution in [2.75, 3.05) is 19.8 Å². The van der Waals surface area contributed by atoms with Crippen LogP contribution in [0, 0.1) is 0 Å². The Morgan fingerprint density at radius 1 is 0.912 bits per heavy atom. The van der Waals surface area contributed by atoms with Gasteiger partial charge in [-0.25, -0.2) is 4.98 Å². The van der Waals surface area contributed by atoms with E-state index in [1.54, 1.807) is 0 Å². The van der Waals surface area contributed by atoms with Gasteiger partial charge in [-0.3, -0.25) is 4.79 Å². The molecule has 1 heterocycles. The van der Waals surface area contributed by atoms with E-state index in [1.807, 2.05) is 60.7 Å². The zero-order valence-corrected chi connectivity index (χ0v) is 19.7. The number of benzene rings is 3. The summed E-state index contributed by atoms with van der Waals surface area (Å²) in [6.45, 7) is 6.04. The Bertz CT molecular complexity index is 1200. The van der Waals surface area contributed by atoms with Crippen molar-refractivity contribution in [3.05, 3.63) is 90.3 Å². The summed E-state index contributed by atoms with van der Waals surface area (Å²) in [5, 5.41) is 2.92. The Morgan fingerprint density at radius 2 is 1.62 bits per heavy atom. The maximum atomic E-state index is 12.2. The highest BCUT2D eigenvalue weighted by atomic mass is 16.5. The maximum absolute atomic E-state index is 12.2. The predicted octanol–water partition coefficient (Wildman–Crippen LogP) is 4.98. The van der Waals surface area contributed by atoms with Crippen molar-refractivity contribution >= 4 is 16.9 Å². The minimum atomic E-state index is -0.153. The summed E-state index contributed by atoms with van der Waals surface area (Å²) in [5.41, 5.74) is 3.30. The molecule has 0 radical (unpaired) electrons. The molecule has 0 unspecified atom stereocenters. The number of imidazole rings is 1. The van der Waals surface area contributed by atoms with Crippen LogP contribution in [0.1, 0.15) is 31.2 Å². The van der Waals surface area contributed by atoms with Crippen LogP contribution in [-0.2, 0) is 17.8 Å². The lowest BCUT2D eigenvalue weighted by Gasteiger charge is -2.12. The Morgan fingerprint density at radius 3 is 2.38 bits per heavy atom. The summed E-state index contributed by atoms with van der Waals surface area (Å²) in [6, 6.07) is 25.7. The van der Waals surface area contributed by atoms with E-state index in [4.69, 9.17) is 14.5 Å². The highest BCUT2D eigenvalue weighted by molar-refractivity contribution is 5.77. The van der Waals surface area contributed by atoms with Crippen molar-refractivity contribution < 1.29 is 14.3 Å². The van der Waals surface area contributed by atoms with Crippen molar-refractivity contribution in [3.63, 3.8) is 0 Å². The topological polar surface area (TPSA) is 65.4 Å². The molecule has 4 aromatic rings. The molecule has 6 heteroatoms. The molecule has 34 heavy (non-hydrogen) atoms. The van der Waals surface area contributed by atoms with Crippen LogP contribution in [0.25, 0.3) is 11.0 Å². The summed E-state index contributed by atoms with van der Waals surface area (Å²) in [6.07, 6.45) is 0.620. The van der Waals surface area contributed by atoms with Crippen LogP contribution < -0.4 is 14.8 Å². The zero-order valence-electron chi connectivity index (χ0n) is 19.7. The monoisotopic (exact) mass is 457 g/mol. The van der Waals surface area contributed by atoms with Gasteiger partial charge in [-0.2, -0.15) is 0 Å². The summed E-state index contributed by atoms with van der Waals surface area (Å²) in [7, 11) is 0. The van der Waals surface area contributed by atoms with Gasteiger partial charge in [-0.15, -0.1) is 0 Å². The molecule has 1 N–H and O–H groups in total. The van der Waals surface area contributed by atoms with Crippen LogP contribution in [-0.4, -0.2) is 35.2 Å². The Labute approximate surface area is 200 Å². The molecule has 0 saturated heterocycles. The molecule has 1 aromatic heterocycles. The Hall–Kier alpha value is -3.80. The second kappa shape index (κ2) is 11.4. The molecule has 1 amide bonds. The van der Waals surface area contributed by atoms with Gasteiger partial charge in [0.25, 0.3) is 5.91 Å². The number of rotatable bonds is 11. The molecule has 0 bridgehead atoms. The molecular formula is C28H31N3O3. The quantitative estimate of drug-likeness (QED) is 0.345. The minimum Gasteiger partial charge on any atom is -0.492 e.